The summed E-state index contributed by atoms with van der Waals surface area (Å²) in [6.07, 6.45) is -5.03. The molecule has 0 N–H and O–H groups in total. The van der Waals surface area contributed by atoms with Crippen LogP contribution < -0.4 is 0 Å². The van der Waals surface area contributed by atoms with Crippen LogP contribution >= 0.6 is 0 Å². The molecule has 0 saturated heterocycles. The molecular formula is C37H10F3N9. The molecule has 0 amide bonds. The van der Waals surface area contributed by atoms with E-state index in [4.69, 9.17) is 19.7 Å². The zero-order chi connectivity index (χ0) is 35.8. The molecule has 224 valence electrons. The van der Waals surface area contributed by atoms with Crippen LogP contribution in [0.1, 0.15) is 61.2 Å². The van der Waals surface area contributed by atoms with Gasteiger partial charge in [0.25, 0.3) is 11.4 Å². The van der Waals surface area contributed by atoms with E-state index < -0.39 is 51.0 Å². The molecule has 0 heterocycles. The van der Waals surface area contributed by atoms with Crippen LogP contribution in [0.3, 0.4) is 0 Å². The largest absolute Gasteiger partial charge is 0.417 e. The van der Waals surface area contributed by atoms with Gasteiger partial charge in [-0.05, 0) is 52.5 Å². The summed E-state index contributed by atoms with van der Waals surface area (Å²) in [4.78, 5) is 10.2. The zero-order valence-electron chi connectivity index (χ0n) is 24.7. The maximum absolute atomic E-state index is 14.1. The average molecular weight is 638 g/mol. The third-order valence-electron chi connectivity index (χ3n) is 7.90. The smallest absolute Gasteiger partial charge is 0.237 e. The van der Waals surface area contributed by atoms with Gasteiger partial charge in [-0.3, -0.25) is 0 Å². The molecule has 2 aliphatic carbocycles. The molecule has 0 aliphatic heterocycles. The Balaban J connectivity index is 2.10. The number of hydrogen-bond donors (Lipinski definition) is 0. The first-order valence-electron chi connectivity index (χ1n) is 13.6. The molecule has 12 heteroatoms. The van der Waals surface area contributed by atoms with E-state index in [0.717, 1.165) is 17.7 Å². The van der Waals surface area contributed by atoms with Gasteiger partial charge in [0.1, 0.15) is 12.1 Å². The van der Waals surface area contributed by atoms with E-state index >= 15 is 0 Å². The molecule has 0 fully saturated rings. The molecule has 0 atom stereocenters. The van der Waals surface area contributed by atoms with Gasteiger partial charge in [0.15, 0.2) is 0 Å². The summed E-state index contributed by atoms with van der Waals surface area (Å²) in [6.45, 7) is 25.5. The second-order valence-corrected chi connectivity index (χ2v) is 10.3. The first-order chi connectivity index (χ1) is 23.5. The second kappa shape index (κ2) is 12.0. The van der Waals surface area contributed by atoms with E-state index in [-0.39, 0.29) is 50.2 Å². The van der Waals surface area contributed by atoms with Crippen LogP contribution in [0.4, 0.5) is 13.2 Å². The molecule has 0 radical (unpaired) electrons. The van der Waals surface area contributed by atoms with Crippen LogP contribution in [0.25, 0.3) is 48.1 Å². The topological polar surface area (TPSA) is 156 Å². The Morgan fingerprint density at radius 1 is 0.653 bits per heavy atom. The lowest BCUT2D eigenvalue weighted by atomic mass is 9.83. The molecule has 2 aliphatic rings. The lowest BCUT2D eigenvalue weighted by Crippen LogP contribution is -2.08. The zero-order valence-corrected chi connectivity index (χ0v) is 24.7. The van der Waals surface area contributed by atoms with E-state index in [2.05, 4.69) is 14.5 Å². The van der Waals surface area contributed by atoms with Gasteiger partial charge in [-0.1, -0.05) is 35.9 Å². The maximum atomic E-state index is 14.1. The highest BCUT2D eigenvalue weighted by atomic mass is 19.4. The van der Waals surface area contributed by atoms with Gasteiger partial charge in [0.05, 0.1) is 71.8 Å². The Kier molecular flexibility index (Phi) is 7.87. The predicted octanol–water partition coefficient (Wildman–Crippen LogP) is 8.19. The van der Waals surface area contributed by atoms with Crippen molar-refractivity contribution in [3.63, 3.8) is 0 Å². The van der Waals surface area contributed by atoms with Crippen molar-refractivity contribution in [3.8, 4) is 36.4 Å². The molecule has 0 unspecified atom stereocenters. The highest BCUT2D eigenvalue weighted by Gasteiger charge is 2.44. The third kappa shape index (κ3) is 4.64. The van der Waals surface area contributed by atoms with Gasteiger partial charge in [-0.2, -0.15) is 34.2 Å². The normalized spacial score (nSPS) is 14.7. The van der Waals surface area contributed by atoms with E-state index in [1.807, 2.05) is 18.2 Å². The van der Waals surface area contributed by atoms with Gasteiger partial charge in [0.2, 0.25) is 5.70 Å². The average Bonchev–Trinajstić information content (AvgIpc) is 3.61. The number of allylic oxidation sites excluding steroid dienone is 7. The molecule has 3 aromatic rings. The fourth-order valence-corrected chi connectivity index (χ4v) is 6.00. The van der Waals surface area contributed by atoms with Crippen LogP contribution in [0.5, 0.6) is 0 Å². The minimum atomic E-state index is -5.03. The standard InChI is InChI=1S/C37H10F3N9/c1-18-5-7-19(8-6-18)29-35(27(17-46)48-3)32-24(15-44)31-30(23(14-43)33(32)36(29)49-4)22(13-42)28(34(31)26(16-45)47-2)20-9-10-21(12-41)25(11-20)37(38,39)40/h5-11H,1H3/b34-26-,35-27+. The highest BCUT2D eigenvalue weighted by molar-refractivity contribution is 6.31. The van der Waals surface area contributed by atoms with Crippen molar-refractivity contribution >= 4 is 33.6 Å². The Bertz CT molecular complexity index is 2590. The molecule has 49 heavy (non-hydrogen) atoms. The number of halogens is 3. The highest BCUT2D eigenvalue weighted by Crippen LogP contribution is 2.58. The maximum Gasteiger partial charge on any atom is 0.417 e. The van der Waals surface area contributed by atoms with Gasteiger partial charge in [-0.15, -0.1) is 0 Å². The molecule has 0 spiro atoms. The Morgan fingerprint density at radius 2 is 1.18 bits per heavy atom. The lowest BCUT2D eigenvalue weighted by molar-refractivity contribution is -0.137. The van der Waals surface area contributed by atoms with Gasteiger partial charge >= 0.3 is 6.18 Å². The van der Waals surface area contributed by atoms with Crippen molar-refractivity contribution in [2.75, 3.05) is 0 Å². The molecule has 0 aromatic heterocycles. The summed E-state index contributed by atoms with van der Waals surface area (Å²) in [5, 5.41) is 61.4. The molecule has 3 aromatic carbocycles. The second-order valence-electron chi connectivity index (χ2n) is 10.3. The first kappa shape index (κ1) is 32.2. The van der Waals surface area contributed by atoms with Crippen molar-refractivity contribution in [3.05, 3.63) is 149 Å². The number of fused-ring (bicyclic) bond motifs is 2. The summed E-state index contributed by atoms with van der Waals surface area (Å²) in [5.41, 5.74) is -6.10. The Labute approximate surface area is 276 Å². The predicted molar refractivity (Wildman–Crippen MR) is 167 cm³/mol. The molecule has 0 saturated carbocycles. The number of hydrogen-bond acceptors (Lipinski definition) is 6. The summed E-state index contributed by atoms with van der Waals surface area (Å²) < 4.78 is 42.2. The van der Waals surface area contributed by atoms with Crippen molar-refractivity contribution in [1.82, 2.24) is 0 Å². The van der Waals surface area contributed by atoms with E-state index in [9.17, 15) is 44.7 Å². The fourth-order valence-electron chi connectivity index (χ4n) is 6.00. The van der Waals surface area contributed by atoms with Crippen molar-refractivity contribution in [2.24, 2.45) is 0 Å². The quantitative estimate of drug-likeness (QED) is 0.204. The SMILES string of the molecule is [C-]#[N+]C1=C(c2ccc(C)cc2)/C(=C(/C#N)[N+]#[C-])c2c(C#N)c3c(c(C#N)c21)C(C#N)=C(c1ccc(C#N)c(C(F)(F)F)c1)/C3=C(\C#N)[N+]#[C-]. The van der Waals surface area contributed by atoms with E-state index in [1.54, 1.807) is 43.3 Å². The molecule has 9 nitrogen and oxygen atoms in total. The van der Waals surface area contributed by atoms with Crippen LogP contribution in [-0.2, 0) is 6.18 Å². The summed E-state index contributed by atoms with van der Waals surface area (Å²) in [6, 6.07) is 19.8. The van der Waals surface area contributed by atoms with Crippen molar-refractivity contribution in [1.29, 1.82) is 31.6 Å². The van der Waals surface area contributed by atoms with Crippen LogP contribution in [0, 0.1) is 94.6 Å². The Morgan fingerprint density at radius 3 is 1.65 bits per heavy atom. The first-order valence-corrected chi connectivity index (χ1v) is 13.6. The van der Waals surface area contributed by atoms with Crippen LogP contribution in [0.2, 0.25) is 0 Å². The van der Waals surface area contributed by atoms with Crippen LogP contribution in [0.15, 0.2) is 53.9 Å². The third-order valence-corrected chi connectivity index (χ3v) is 7.90. The fraction of sp³-hybridized carbons (Fsp3) is 0.0541. The van der Waals surface area contributed by atoms with Gasteiger partial charge < -0.3 is 0 Å². The molecular weight excluding hydrogens is 627 g/mol. The van der Waals surface area contributed by atoms with Gasteiger partial charge in [-0.25, -0.2) is 25.1 Å². The summed E-state index contributed by atoms with van der Waals surface area (Å²) >= 11 is 0. The number of nitrogens with zero attached hydrogens (tertiary/aromatic N) is 9. The number of benzene rings is 3. The van der Waals surface area contributed by atoms with E-state index in [1.165, 1.54) is 6.07 Å². The van der Waals surface area contributed by atoms with Crippen molar-refractivity contribution in [2.45, 2.75) is 13.1 Å². The summed E-state index contributed by atoms with van der Waals surface area (Å²) in [5.74, 6) is 0. The van der Waals surface area contributed by atoms with E-state index in [0.29, 0.717) is 11.6 Å². The minimum absolute atomic E-state index is 0.0510. The minimum Gasteiger partial charge on any atom is -0.237 e. The number of alkyl halides is 3. The van der Waals surface area contributed by atoms with Crippen molar-refractivity contribution < 1.29 is 13.2 Å². The summed E-state index contributed by atoms with van der Waals surface area (Å²) in [7, 11) is 0. The van der Waals surface area contributed by atoms with Crippen LogP contribution in [-0.4, -0.2) is 0 Å². The van der Waals surface area contributed by atoms with Gasteiger partial charge in [0, 0.05) is 22.3 Å². The number of aryl methyl sites for hydroxylation is 1. The molecule has 0 bridgehead atoms. The number of rotatable bonds is 2. The monoisotopic (exact) mass is 637 g/mol. The molecule has 5 rings (SSSR count). The lowest BCUT2D eigenvalue weighted by Gasteiger charge is -2.17. The number of nitriles is 6. The Hall–Kier alpha value is -8.18.